The van der Waals surface area contributed by atoms with E-state index in [-0.39, 0.29) is 18.4 Å². The highest BCUT2D eigenvalue weighted by molar-refractivity contribution is 5.73. The van der Waals surface area contributed by atoms with E-state index in [1.165, 1.54) is 6.20 Å². The largest absolute Gasteiger partial charge is 0.488 e. The molecule has 2 aromatic rings. The molecule has 1 saturated carbocycles. The Morgan fingerprint density at radius 2 is 2.00 bits per heavy atom. The number of nitriles is 1. The highest BCUT2D eigenvalue weighted by Gasteiger charge is 2.38. The number of anilines is 1. The second-order valence-electron chi connectivity index (χ2n) is 8.98. The molecular weight excluding hydrogens is 420 g/mol. The molecule has 33 heavy (non-hydrogen) atoms. The van der Waals surface area contributed by atoms with Gasteiger partial charge in [0.1, 0.15) is 29.1 Å². The van der Waals surface area contributed by atoms with E-state index in [9.17, 15) is 5.26 Å². The summed E-state index contributed by atoms with van der Waals surface area (Å²) in [6.45, 7) is 3.68. The SMILES string of the molecule is CC(/N=C\C=C/N)OC1CCC(Oc2cc(N3CC4CC(C3)O4)cn3ncc(C#N)c23)CC1. The summed E-state index contributed by atoms with van der Waals surface area (Å²) in [5, 5.41) is 14.0. The molecule has 0 aromatic carbocycles. The molecule has 5 heterocycles. The molecule has 3 atom stereocenters. The van der Waals surface area contributed by atoms with Crippen LogP contribution in [0.3, 0.4) is 0 Å². The third-order valence-corrected chi connectivity index (χ3v) is 6.60. The summed E-state index contributed by atoms with van der Waals surface area (Å²) in [4.78, 5) is 6.63. The van der Waals surface area contributed by atoms with Gasteiger partial charge in [-0.1, -0.05) is 0 Å². The number of nitrogens with two attached hydrogens (primary N) is 1. The van der Waals surface area contributed by atoms with E-state index in [1.807, 2.05) is 13.1 Å². The summed E-state index contributed by atoms with van der Waals surface area (Å²) in [5.74, 6) is 0.720. The van der Waals surface area contributed by atoms with Crippen molar-refractivity contribution in [1.29, 1.82) is 5.26 Å². The minimum Gasteiger partial charge on any atom is -0.488 e. The molecule has 174 valence electrons. The Hall–Kier alpha value is -3.09. The molecule has 9 heteroatoms. The second kappa shape index (κ2) is 9.41. The summed E-state index contributed by atoms with van der Waals surface area (Å²) < 4.78 is 20.1. The van der Waals surface area contributed by atoms with E-state index < -0.39 is 0 Å². The molecule has 3 saturated heterocycles. The molecule has 3 unspecified atom stereocenters. The van der Waals surface area contributed by atoms with Crippen molar-refractivity contribution in [2.45, 2.75) is 69.7 Å². The van der Waals surface area contributed by atoms with Gasteiger partial charge in [-0.15, -0.1) is 0 Å². The molecule has 0 amide bonds. The molecule has 3 aliphatic heterocycles. The number of nitrogens with zero attached hydrogens (tertiary/aromatic N) is 5. The number of morpholine rings is 1. The predicted molar refractivity (Wildman–Crippen MR) is 124 cm³/mol. The lowest BCUT2D eigenvalue weighted by atomic mass is 9.95. The third-order valence-electron chi connectivity index (χ3n) is 6.60. The van der Waals surface area contributed by atoms with Crippen LogP contribution in [0.1, 0.15) is 44.6 Å². The molecule has 4 fully saturated rings. The number of hydrogen-bond donors (Lipinski definition) is 1. The number of pyridine rings is 1. The first-order valence-electron chi connectivity index (χ1n) is 11.7. The van der Waals surface area contributed by atoms with Crippen LogP contribution in [0.5, 0.6) is 5.75 Å². The van der Waals surface area contributed by atoms with Gasteiger partial charge in [-0.2, -0.15) is 10.4 Å². The Kier molecular flexibility index (Phi) is 6.20. The fraction of sp³-hybridized carbons (Fsp3) is 0.542. The van der Waals surface area contributed by atoms with Crippen LogP contribution in [0.4, 0.5) is 5.69 Å². The van der Waals surface area contributed by atoms with Crippen molar-refractivity contribution < 1.29 is 14.2 Å². The van der Waals surface area contributed by atoms with Gasteiger partial charge in [0, 0.05) is 31.8 Å². The van der Waals surface area contributed by atoms with E-state index in [2.05, 4.69) is 27.1 Å². The maximum absolute atomic E-state index is 9.58. The predicted octanol–water partition coefficient (Wildman–Crippen LogP) is 2.78. The first kappa shape index (κ1) is 21.7. The molecule has 0 spiro atoms. The normalized spacial score (nSPS) is 28.2. The van der Waals surface area contributed by atoms with Crippen LogP contribution < -0.4 is 15.4 Å². The van der Waals surface area contributed by atoms with Crippen LogP contribution in [0, 0.1) is 11.3 Å². The minimum atomic E-state index is -0.204. The van der Waals surface area contributed by atoms with Crippen LogP contribution in [-0.2, 0) is 9.47 Å². The van der Waals surface area contributed by atoms with E-state index in [4.69, 9.17) is 19.9 Å². The summed E-state index contributed by atoms with van der Waals surface area (Å²) >= 11 is 0. The first-order valence-corrected chi connectivity index (χ1v) is 11.7. The quantitative estimate of drug-likeness (QED) is 0.646. The van der Waals surface area contributed by atoms with E-state index in [0.717, 1.165) is 62.1 Å². The molecular formula is C24H30N6O3. The van der Waals surface area contributed by atoms with Crippen LogP contribution in [0.2, 0.25) is 0 Å². The zero-order valence-electron chi connectivity index (χ0n) is 18.8. The Bertz CT molecular complexity index is 1070. The molecule has 0 radical (unpaired) electrons. The first-order chi connectivity index (χ1) is 16.1. The van der Waals surface area contributed by atoms with Gasteiger partial charge in [0.15, 0.2) is 0 Å². The molecule has 1 aliphatic carbocycles. The van der Waals surface area contributed by atoms with Gasteiger partial charge in [0.25, 0.3) is 0 Å². The monoisotopic (exact) mass is 450 g/mol. The number of aromatic nitrogens is 2. The lowest BCUT2D eigenvalue weighted by molar-refractivity contribution is -0.133. The van der Waals surface area contributed by atoms with E-state index in [1.54, 1.807) is 23.0 Å². The van der Waals surface area contributed by atoms with Gasteiger partial charge in [-0.05, 0) is 44.9 Å². The number of piperidine rings is 1. The van der Waals surface area contributed by atoms with Crippen molar-refractivity contribution in [3.05, 3.63) is 36.3 Å². The molecule has 6 rings (SSSR count). The average Bonchev–Trinajstić information content (AvgIpc) is 3.24. The standard InChI is InChI=1S/C24H30N6O3/c1-16(27-8-2-7-25)31-19-3-5-20(6-4-19)33-23-9-18(29-14-21-10-22(15-29)32-21)13-30-24(23)17(11-26)12-28-30/h2,7-9,12-13,16,19-22H,3-6,10,14-15,25H2,1H3/b7-2-,27-8-. The lowest BCUT2D eigenvalue weighted by Crippen LogP contribution is -2.57. The average molecular weight is 451 g/mol. The fourth-order valence-electron chi connectivity index (χ4n) is 4.98. The van der Waals surface area contributed by atoms with Crippen molar-refractivity contribution in [3.8, 4) is 11.8 Å². The van der Waals surface area contributed by atoms with Crippen molar-refractivity contribution in [2.75, 3.05) is 18.0 Å². The zero-order chi connectivity index (χ0) is 22.8. The highest BCUT2D eigenvalue weighted by Crippen LogP contribution is 2.36. The number of ether oxygens (including phenoxy) is 3. The van der Waals surface area contributed by atoms with Gasteiger partial charge in [-0.25, -0.2) is 4.52 Å². The Balaban J connectivity index is 1.27. The number of aliphatic imine (C=N–C) groups is 1. The fourth-order valence-corrected chi connectivity index (χ4v) is 4.98. The van der Waals surface area contributed by atoms with Gasteiger partial charge in [0.05, 0.1) is 42.5 Å². The maximum atomic E-state index is 9.58. The Morgan fingerprint density at radius 3 is 2.70 bits per heavy atom. The smallest absolute Gasteiger partial charge is 0.148 e. The van der Waals surface area contributed by atoms with Crippen molar-refractivity contribution in [3.63, 3.8) is 0 Å². The molecule has 2 N–H and O–H groups in total. The third kappa shape index (κ3) is 4.68. The Labute approximate surface area is 193 Å². The number of hydrogen-bond acceptors (Lipinski definition) is 8. The Morgan fingerprint density at radius 1 is 1.27 bits per heavy atom. The lowest BCUT2D eigenvalue weighted by Gasteiger charge is -2.48. The zero-order valence-corrected chi connectivity index (χ0v) is 18.8. The number of fused-ring (bicyclic) bond motifs is 3. The van der Waals surface area contributed by atoms with Gasteiger partial charge >= 0.3 is 0 Å². The van der Waals surface area contributed by atoms with E-state index in [0.29, 0.717) is 17.8 Å². The van der Waals surface area contributed by atoms with Gasteiger partial charge in [0.2, 0.25) is 0 Å². The molecule has 2 aromatic heterocycles. The van der Waals surface area contributed by atoms with Crippen molar-refractivity contribution >= 4 is 17.4 Å². The number of allylic oxidation sites excluding steroid dienone is 1. The van der Waals surface area contributed by atoms with Gasteiger partial charge in [-0.3, -0.25) is 4.99 Å². The van der Waals surface area contributed by atoms with Crippen LogP contribution in [0.25, 0.3) is 5.52 Å². The molecule has 4 aliphatic rings. The summed E-state index contributed by atoms with van der Waals surface area (Å²) in [6, 6.07) is 4.31. The molecule has 2 bridgehead atoms. The van der Waals surface area contributed by atoms with Crippen LogP contribution in [-0.4, -0.2) is 59.6 Å². The second-order valence-corrected chi connectivity index (χ2v) is 8.98. The summed E-state index contributed by atoms with van der Waals surface area (Å²) in [7, 11) is 0. The van der Waals surface area contributed by atoms with Crippen molar-refractivity contribution in [2.24, 2.45) is 10.7 Å². The minimum absolute atomic E-state index is 0.0717. The highest BCUT2D eigenvalue weighted by atomic mass is 16.5. The van der Waals surface area contributed by atoms with Crippen molar-refractivity contribution in [1.82, 2.24) is 9.61 Å². The number of rotatable bonds is 7. The van der Waals surface area contributed by atoms with Gasteiger partial charge < -0.3 is 24.8 Å². The van der Waals surface area contributed by atoms with Crippen LogP contribution in [0.15, 0.2) is 35.7 Å². The van der Waals surface area contributed by atoms with Crippen LogP contribution >= 0.6 is 0 Å². The topological polar surface area (TPSA) is 110 Å². The summed E-state index contributed by atoms with van der Waals surface area (Å²) in [5.41, 5.74) is 7.63. The summed E-state index contributed by atoms with van der Waals surface area (Å²) in [6.07, 6.45) is 13.8. The molecule has 9 nitrogen and oxygen atoms in total. The maximum Gasteiger partial charge on any atom is 0.148 e. The van der Waals surface area contributed by atoms with E-state index >= 15 is 0 Å².